The third kappa shape index (κ3) is 1.81. The topological polar surface area (TPSA) is 71.6 Å². The monoisotopic (exact) mass is 248 g/mol. The summed E-state index contributed by atoms with van der Waals surface area (Å²) in [6.07, 6.45) is 3.69. The molecule has 2 aliphatic rings. The van der Waals surface area contributed by atoms with Gasteiger partial charge in [-0.1, -0.05) is 25.9 Å². The molecule has 0 saturated heterocycles. The molecular formula is C12H16N4O2. The lowest BCUT2D eigenvalue weighted by atomic mass is 9.87. The van der Waals surface area contributed by atoms with Gasteiger partial charge in [0, 0.05) is 5.92 Å². The first-order chi connectivity index (χ1) is 8.47. The van der Waals surface area contributed by atoms with Crippen molar-refractivity contribution in [3.8, 4) is 0 Å². The van der Waals surface area contributed by atoms with Crippen LogP contribution in [0.5, 0.6) is 0 Å². The molecule has 0 aromatic carbocycles. The summed E-state index contributed by atoms with van der Waals surface area (Å²) in [6.45, 7) is 5.96. The van der Waals surface area contributed by atoms with Crippen LogP contribution < -0.4 is 4.90 Å². The fourth-order valence-corrected chi connectivity index (χ4v) is 1.96. The Kier molecular flexibility index (Phi) is 2.30. The summed E-state index contributed by atoms with van der Waals surface area (Å²) in [5.41, 5.74) is -0.207. The summed E-state index contributed by atoms with van der Waals surface area (Å²) in [5.74, 6) is 1.01. The van der Waals surface area contributed by atoms with E-state index in [1.54, 1.807) is 0 Å². The van der Waals surface area contributed by atoms with Gasteiger partial charge >= 0.3 is 6.01 Å². The van der Waals surface area contributed by atoms with Crippen molar-refractivity contribution in [3.05, 3.63) is 5.82 Å². The van der Waals surface area contributed by atoms with E-state index >= 15 is 0 Å². The average molecular weight is 248 g/mol. The number of nitrogens with zero attached hydrogens (tertiary/aromatic N) is 4. The highest BCUT2D eigenvalue weighted by atomic mass is 16.5. The van der Waals surface area contributed by atoms with Crippen LogP contribution in [0.25, 0.3) is 0 Å². The van der Waals surface area contributed by atoms with Gasteiger partial charge in [0.1, 0.15) is 12.4 Å². The summed E-state index contributed by atoms with van der Waals surface area (Å²) >= 11 is 0. The molecule has 0 N–H and O–H groups in total. The molecule has 6 nitrogen and oxygen atoms in total. The van der Waals surface area contributed by atoms with Crippen molar-refractivity contribution >= 4 is 18.3 Å². The second kappa shape index (κ2) is 3.63. The largest absolute Gasteiger partial charge is 0.336 e. The van der Waals surface area contributed by atoms with Crippen molar-refractivity contribution < 1.29 is 9.32 Å². The number of carbonyl (C=O) groups is 1. The fourth-order valence-electron chi connectivity index (χ4n) is 1.96. The molecule has 1 atom stereocenters. The maximum atomic E-state index is 12.2. The predicted octanol–water partition coefficient (Wildman–Crippen LogP) is 1.74. The quantitative estimate of drug-likeness (QED) is 0.799. The van der Waals surface area contributed by atoms with E-state index in [2.05, 4.69) is 15.1 Å². The molecule has 1 fully saturated rings. The lowest BCUT2D eigenvalue weighted by Gasteiger charge is -2.22. The van der Waals surface area contributed by atoms with Crippen LogP contribution in [0.4, 0.5) is 6.01 Å². The van der Waals surface area contributed by atoms with E-state index in [4.69, 9.17) is 4.52 Å². The number of rotatable bonds is 2. The number of amides is 1. The third-order valence-corrected chi connectivity index (χ3v) is 3.20. The van der Waals surface area contributed by atoms with Gasteiger partial charge < -0.3 is 4.52 Å². The number of hydrogen-bond donors (Lipinski definition) is 0. The lowest BCUT2D eigenvalue weighted by Crippen LogP contribution is -2.38. The number of carbonyl (C=O) groups excluding carboxylic acids is 1. The summed E-state index contributed by atoms with van der Waals surface area (Å²) in [4.78, 5) is 22.1. The van der Waals surface area contributed by atoms with Crippen molar-refractivity contribution in [1.29, 1.82) is 0 Å². The van der Waals surface area contributed by atoms with Crippen molar-refractivity contribution in [3.63, 3.8) is 0 Å². The first kappa shape index (κ1) is 11.4. The van der Waals surface area contributed by atoms with Gasteiger partial charge in [0.2, 0.25) is 0 Å². The van der Waals surface area contributed by atoms with Crippen molar-refractivity contribution in [2.24, 2.45) is 10.4 Å². The molecule has 1 aromatic rings. The first-order valence-corrected chi connectivity index (χ1v) is 6.17. The van der Waals surface area contributed by atoms with Gasteiger partial charge in [0.15, 0.2) is 5.82 Å². The number of anilines is 1. The van der Waals surface area contributed by atoms with E-state index in [1.807, 2.05) is 20.8 Å². The molecule has 18 heavy (non-hydrogen) atoms. The molecule has 1 saturated carbocycles. The van der Waals surface area contributed by atoms with Crippen LogP contribution in [0.2, 0.25) is 0 Å². The minimum absolute atomic E-state index is 0.103. The third-order valence-electron chi connectivity index (χ3n) is 3.20. The molecule has 1 amide bonds. The predicted molar refractivity (Wildman–Crippen MR) is 65.5 cm³/mol. The molecule has 96 valence electrons. The maximum absolute atomic E-state index is 12.2. The van der Waals surface area contributed by atoms with Crippen molar-refractivity contribution in [1.82, 2.24) is 10.1 Å². The molecule has 6 heteroatoms. The Morgan fingerprint density at radius 3 is 2.67 bits per heavy atom. The van der Waals surface area contributed by atoms with E-state index in [9.17, 15) is 4.79 Å². The second-order valence-electron chi connectivity index (χ2n) is 5.95. The van der Waals surface area contributed by atoms with E-state index in [0.717, 1.165) is 12.8 Å². The average Bonchev–Trinajstić information content (AvgIpc) is 2.87. The molecule has 3 rings (SSSR count). The Morgan fingerprint density at radius 2 is 2.11 bits per heavy atom. The highest BCUT2D eigenvalue weighted by Crippen LogP contribution is 2.39. The van der Waals surface area contributed by atoms with Crippen LogP contribution in [-0.4, -0.2) is 28.4 Å². The molecule has 0 bridgehead atoms. The normalized spacial score (nSPS) is 24.1. The van der Waals surface area contributed by atoms with Crippen molar-refractivity contribution in [2.75, 3.05) is 4.90 Å². The molecule has 2 heterocycles. The lowest BCUT2D eigenvalue weighted by molar-refractivity contribution is -0.120. The van der Waals surface area contributed by atoms with Gasteiger partial charge in [0.25, 0.3) is 5.91 Å². The zero-order chi connectivity index (χ0) is 12.9. The molecule has 1 unspecified atom stereocenters. The van der Waals surface area contributed by atoms with E-state index < -0.39 is 0 Å². The molecule has 1 aliphatic carbocycles. The number of aliphatic imine (C=N–C) groups is 1. The van der Waals surface area contributed by atoms with Crippen molar-refractivity contribution in [2.45, 2.75) is 45.6 Å². The Balaban J connectivity index is 1.81. The van der Waals surface area contributed by atoms with Crippen LogP contribution in [-0.2, 0) is 4.79 Å². The molecule has 0 spiro atoms. The van der Waals surface area contributed by atoms with Gasteiger partial charge in [-0.2, -0.15) is 4.98 Å². The highest BCUT2D eigenvalue weighted by molar-refractivity contribution is 6.13. The molecule has 0 radical (unpaired) electrons. The first-order valence-electron chi connectivity index (χ1n) is 6.17. The van der Waals surface area contributed by atoms with Crippen LogP contribution in [0, 0.1) is 5.41 Å². The summed E-state index contributed by atoms with van der Waals surface area (Å²) in [5, 5.41) is 3.90. The minimum Gasteiger partial charge on any atom is -0.314 e. The molecule has 1 aromatic heterocycles. The Labute approximate surface area is 105 Å². The fraction of sp³-hybridized carbons (Fsp3) is 0.667. The van der Waals surface area contributed by atoms with Gasteiger partial charge in [-0.3, -0.25) is 9.79 Å². The zero-order valence-electron chi connectivity index (χ0n) is 10.8. The van der Waals surface area contributed by atoms with E-state index in [1.165, 1.54) is 11.2 Å². The van der Waals surface area contributed by atoms with E-state index in [-0.39, 0.29) is 23.4 Å². The summed E-state index contributed by atoms with van der Waals surface area (Å²) in [7, 11) is 0. The van der Waals surface area contributed by atoms with Gasteiger partial charge in [-0.05, 0) is 18.3 Å². The molecule has 1 aliphatic heterocycles. The summed E-state index contributed by atoms with van der Waals surface area (Å²) < 4.78 is 5.13. The van der Waals surface area contributed by atoms with Gasteiger partial charge in [0.05, 0.1) is 0 Å². The molecular weight excluding hydrogens is 232 g/mol. The minimum atomic E-state index is -0.381. The van der Waals surface area contributed by atoms with Crippen LogP contribution in [0.3, 0.4) is 0 Å². The number of aromatic nitrogens is 2. The standard InChI is InChI=1S/C12H16N4O2/c1-12(2,3)8-10(17)16(6-13-8)11-14-9(15-18-11)7-4-5-7/h6-8H,4-5H2,1-3H3. The SMILES string of the molecule is CC(C)(C)C1N=CN(c2nc(C3CC3)no2)C1=O. The maximum Gasteiger partial charge on any atom is 0.336 e. The Morgan fingerprint density at radius 1 is 1.39 bits per heavy atom. The summed E-state index contributed by atoms with van der Waals surface area (Å²) in [6, 6.07) is -0.147. The van der Waals surface area contributed by atoms with Gasteiger partial charge in [-0.15, -0.1) is 0 Å². The number of hydrogen-bond acceptors (Lipinski definition) is 5. The Hall–Kier alpha value is -1.72. The van der Waals surface area contributed by atoms with Crippen LogP contribution in [0.15, 0.2) is 9.52 Å². The highest BCUT2D eigenvalue weighted by Gasteiger charge is 2.40. The Bertz CT molecular complexity index is 510. The van der Waals surface area contributed by atoms with E-state index in [0.29, 0.717) is 11.7 Å². The zero-order valence-corrected chi connectivity index (χ0v) is 10.8. The van der Waals surface area contributed by atoms with Crippen LogP contribution >= 0.6 is 0 Å². The van der Waals surface area contributed by atoms with Gasteiger partial charge in [-0.25, -0.2) is 4.90 Å². The smallest absolute Gasteiger partial charge is 0.314 e. The second-order valence-corrected chi connectivity index (χ2v) is 5.95. The van der Waals surface area contributed by atoms with Crippen LogP contribution in [0.1, 0.15) is 45.4 Å².